The van der Waals surface area contributed by atoms with Crippen molar-refractivity contribution in [3.8, 4) is 22.3 Å². The second-order valence-electron chi connectivity index (χ2n) is 18.1. The number of nitrogens with zero attached hydrogens (tertiary/aromatic N) is 11. The number of likely N-dealkylation sites (N-methyl/N-ethyl adjacent to an activating group) is 1. The number of aromatic amines is 2. The molecule has 0 atom stereocenters. The van der Waals surface area contributed by atoms with Crippen LogP contribution in [0.1, 0.15) is 38.1 Å². The molecule has 0 bridgehead atoms. The lowest BCUT2D eigenvalue weighted by atomic mass is 10.0. The fourth-order valence-corrected chi connectivity index (χ4v) is 9.62. The Balaban J connectivity index is 0.000000155. The van der Waals surface area contributed by atoms with Crippen LogP contribution in [-0.2, 0) is 17.6 Å². The molecule has 0 unspecified atom stereocenters. The second-order valence-corrected chi connectivity index (χ2v) is 18.1. The van der Waals surface area contributed by atoms with Crippen LogP contribution in [0.4, 0.5) is 34.4 Å². The lowest BCUT2D eigenvalue weighted by Gasteiger charge is -2.35. The number of aliphatic hydroxyl groups is 1. The van der Waals surface area contributed by atoms with E-state index in [9.17, 15) is 5.11 Å². The molecular weight excluding hydrogens is 891 g/mol. The van der Waals surface area contributed by atoms with Gasteiger partial charge in [-0.25, -0.2) is 19.9 Å². The molecular formula is C54H59N15O2. The number of piperazine rings is 1. The third-order valence-electron chi connectivity index (χ3n) is 13.6. The predicted molar refractivity (Wildman–Crippen MR) is 282 cm³/mol. The molecule has 362 valence electrons. The molecule has 2 saturated heterocycles. The highest BCUT2D eigenvalue weighted by molar-refractivity contribution is 5.89. The number of benzene rings is 2. The van der Waals surface area contributed by atoms with E-state index in [2.05, 4.69) is 158 Å². The minimum Gasteiger partial charge on any atom is -0.396 e. The molecule has 12 rings (SSSR count). The van der Waals surface area contributed by atoms with E-state index in [-0.39, 0.29) is 6.61 Å². The summed E-state index contributed by atoms with van der Waals surface area (Å²) in [4.78, 5) is 25.7. The van der Waals surface area contributed by atoms with Gasteiger partial charge in [-0.1, -0.05) is 44.5 Å². The Morgan fingerprint density at radius 2 is 1.13 bits per heavy atom. The highest BCUT2D eigenvalue weighted by Gasteiger charge is 2.18. The maximum Gasteiger partial charge on any atom is 0.160 e. The first-order valence-corrected chi connectivity index (χ1v) is 24.8. The summed E-state index contributed by atoms with van der Waals surface area (Å²) in [5.41, 5.74) is 14.1. The molecule has 0 aliphatic carbocycles. The average molecular weight is 950 g/mol. The van der Waals surface area contributed by atoms with Gasteiger partial charge in [0.2, 0.25) is 0 Å². The summed E-state index contributed by atoms with van der Waals surface area (Å²) < 4.78 is 9.50. The van der Waals surface area contributed by atoms with Crippen molar-refractivity contribution in [2.24, 2.45) is 0 Å². The summed E-state index contributed by atoms with van der Waals surface area (Å²) in [6.07, 6.45) is 19.5. The van der Waals surface area contributed by atoms with E-state index in [4.69, 9.17) is 9.72 Å². The van der Waals surface area contributed by atoms with Gasteiger partial charge in [-0.2, -0.15) is 10.2 Å². The molecule has 2 fully saturated rings. The van der Waals surface area contributed by atoms with Crippen LogP contribution in [0.15, 0.2) is 122 Å². The molecule has 0 radical (unpaired) electrons. The molecule has 0 spiro atoms. The minimum atomic E-state index is 0.0901. The standard InChI is InChI=1S/C29H34N8.C25H25N7O2/c1-3-5-6-25-24-9-7-21(17-26(24)34-33-25)22-18-27(29-30-11-12-37(29)20-22)32-28-10-8-23(19-31-28)36-15-13-35(4-2)14-16-36;33-10-5-21-20-3-1-17(13-22(20)30-29-21)18-14-23(25-26-6-7-32(25)16-18)28-24-4-2-19(15-27-24)31-8-11-34-12-9-31/h7-12,17-20H,3-6,13-16H2,1-2H3,(H,31,32)(H,33,34);1-4,6-7,13-16,33H,5,8-12H2,(H,27,28)(H,29,30). The number of imidazole rings is 2. The maximum atomic E-state index is 9.27. The zero-order valence-corrected chi connectivity index (χ0v) is 40.2. The van der Waals surface area contributed by atoms with Crippen LogP contribution in [0.2, 0.25) is 0 Å². The molecule has 8 aromatic heterocycles. The Kier molecular flexibility index (Phi) is 13.2. The monoisotopic (exact) mass is 949 g/mol. The van der Waals surface area contributed by atoms with Crippen LogP contribution in [0.25, 0.3) is 55.4 Å². The van der Waals surface area contributed by atoms with E-state index in [0.29, 0.717) is 6.42 Å². The van der Waals surface area contributed by atoms with Crippen LogP contribution >= 0.6 is 0 Å². The molecule has 0 amide bonds. The Hall–Kier alpha value is -7.86. The van der Waals surface area contributed by atoms with Crippen molar-refractivity contribution >= 4 is 67.5 Å². The van der Waals surface area contributed by atoms with Gasteiger partial charge in [-0.15, -0.1) is 0 Å². The smallest absolute Gasteiger partial charge is 0.160 e. The molecule has 71 heavy (non-hydrogen) atoms. The molecule has 10 heterocycles. The third kappa shape index (κ3) is 9.84. The lowest BCUT2D eigenvalue weighted by Crippen LogP contribution is -2.46. The first-order valence-electron chi connectivity index (χ1n) is 24.8. The Bertz CT molecular complexity index is 3380. The highest BCUT2D eigenvalue weighted by Crippen LogP contribution is 2.33. The number of aryl methyl sites for hydroxylation is 1. The van der Waals surface area contributed by atoms with E-state index >= 15 is 0 Å². The molecule has 10 aromatic rings. The van der Waals surface area contributed by atoms with Crippen LogP contribution in [0, 0.1) is 0 Å². The Morgan fingerprint density at radius 1 is 0.592 bits per heavy atom. The number of ether oxygens (including phenoxy) is 1. The summed E-state index contributed by atoms with van der Waals surface area (Å²) in [5, 5.41) is 33.7. The van der Waals surface area contributed by atoms with Gasteiger partial charge < -0.3 is 44.0 Å². The molecule has 17 nitrogen and oxygen atoms in total. The SMILES string of the molecule is CCCCc1[nH]nc2cc(-c3cc(Nc4ccc(N5CCN(CC)CC5)cn4)c4nccn4c3)ccc12.OCCc1[nH]nc2cc(-c3cc(Nc4ccc(N5CCOCC5)cn4)c4nccn4c3)ccc12. The van der Waals surface area contributed by atoms with Crippen molar-refractivity contribution in [1.82, 2.24) is 54.0 Å². The molecule has 0 saturated carbocycles. The number of aromatic nitrogens is 10. The van der Waals surface area contributed by atoms with Gasteiger partial charge in [0.25, 0.3) is 0 Å². The first kappa shape index (κ1) is 45.6. The van der Waals surface area contributed by atoms with E-state index in [1.54, 1.807) is 6.20 Å². The minimum absolute atomic E-state index is 0.0901. The van der Waals surface area contributed by atoms with E-state index in [1.807, 2.05) is 41.5 Å². The largest absolute Gasteiger partial charge is 0.396 e. The average Bonchev–Trinajstić information content (AvgIpc) is 4.26. The van der Waals surface area contributed by atoms with Gasteiger partial charge in [-0.05, 0) is 79.0 Å². The highest BCUT2D eigenvalue weighted by atomic mass is 16.5. The topological polar surface area (TPSA) is 181 Å². The Morgan fingerprint density at radius 3 is 1.62 bits per heavy atom. The summed E-state index contributed by atoms with van der Waals surface area (Å²) >= 11 is 0. The van der Waals surface area contributed by atoms with Gasteiger partial charge in [0.15, 0.2) is 11.3 Å². The Labute approximate surface area is 411 Å². The lowest BCUT2D eigenvalue weighted by molar-refractivity contribution is 0.122. The van der Waals surface area contributed by atoms with E-state index < -0.39 is 0 Å². The van der Waals surface area contributed by atoms with Gasteiger partial charge >= 0.3 is 0 Å². The van der Waals surface area contributed by atoms with E-state index in [1.165, 1.54) is 23.2 Å². The van der Waals surface area contributed by atoms with Crippen molar-refractivity contribution in [1.29, 1.82) is 0 Å². The van der Waals surface area contributed by atoms with Gasteiger partial charge in [0, 0.05) is 123 Å². The number of rotatable bonds is 14. The normalized spacial score (nSPS) is 14.4. The maximum absolute atomic E-state index is 9.27. The second kappa shape index (κ2) is 20.6. The fourth-order valence-electron chi connectivity index (χ4n) is 9.62. The number of unbranched alkanes of at least 4 members (excludes halogenated alkanes) is 1. The molecule has 2 aliphatic rings. The van der Waals surface area contributed by atoms with Crippen molar-refractivity contribution in [3.05, 3.63) is 134 Å². The van der Waals surface area contributed by atoms with Crippen LogP contribution in [-0.4, -0.2) is 125 Å². The zero-order valence-electron chi connectivity index (χ0n) is 40.2. The zero-order chi connectivity index (χ0) is 48.1. The van der Waals surface area contributed by atoms with Gasteiger partial charge in [0.1, 0.15) is 11.6 Å². The van der Waals surface area contributed by atoms with Crippen LogP contribution in [0.5, 0.6) is 0 Å². The fraction of sp³-hybridized carbons (Fsp3) is 0.296. The van der Waals surface area contributed by atoms with Crippen molar-refractivity contribution in [2.45, 2.75) is 39.5 Å². The summed E-state index contributed by atoms with van der Waals surface area (Å²) in [5.74, 6) is 1.57. The number of aliphatic hydroxyl groups excluding tert-OH is 1. The molecule has 2 aliphatic heterocycles. The van der Waals surface area contributed by atoms with Crippen LogP contribution in [0.3, 0.4) is 0 Å². The first-order chi connectivity index (χ1) is 35.0. The van der Waals surface area contributed by atoms with Crippen molar-refractivity contribution < 1.29 is 9.84 Å². The van der Waals surface area contributed by atoms with Crippen molar-refractivity contribution in [3.63, 3.8) is 0 Å². The number of pyridine rings is 4. The molecule has 2 aromatic carbocycles. The molecule has 5 N–H and O–H groups in total. The number of hydrogen-bond donors (Lipinski definition) is 5. The molecule has 17 heteroatoms. The number of hydrogen-bond acceptors (Lipinski definition) is 13. The predicted octanol–water partition coefficient (Wildman–Crippen LogP) is 8.89. The summed E-state index contributed by atoms with van der Waals surface area (Å²) in [6.45, 7) is 13.2. The number of fused-ring (bicyclic) bond motifs is 4. The van der Waals surface area contributed by atoms with Gasteiger partial charge in [0.05, 0.1) is 59.4 Å². The van der Waals surface area contributed by atoms with Crippen LogP contribution < -0.4 is 20.4 Å². The number of nitrogens with one attached hydrogen (secondary N) is 4. The summed E-state index contributed by atoms with van der Waals surface area (Å²) in [7, 11) is 0. The van der Waals surface area contributed by atoms with Gasteiger partial charge in [-0.3, -0.25) is 10.2 Å². The van der Waals surface area contributed by atoms with E-state index in [0.717, 1.165) is 156 Å². The van der Waals surface area contributed by atoms with Crippen molar-refractivity contribution in [2.75, 3.05) is 86.1 Å². The number of H-pyrrole nitrogens is 2. The summed E-state index contributed by atoms with van der Waals surface area (Å²) in [6, 6.07) is 25.2. The number of morpholine rings is 1. The number of anilines is 6. The quantitative estimate of drug-likeness (QED) is 0.0698. The third-order valence-corrected chi connectivity index (χ3v) is 13.6.